The standard InChI is InChI=1S/C26H25N5/c1-16-12-18(9-11-28-16)25-21-14-19(5-7-24(21)30-31-25)29-23-8-10-26(2,3)22-13-17(15-27)4-6-20(22)23/h4-7,9,11-14,23,29H,8,10H2,1-3H3,(H,30,31). The van der Waals surface area contributed by atoms with Gasteiger partial charge in [0.1, 0.15) is 5.69 Å². The summed E-state index contributed by atoms with van der Waals surface area (Å²) >= 11 is 0. The molecule has 0 spiro atoms. The van der Waals surface area contributed by atoms with Crippen molar-refractivity contribution >= 4 is 16.6 Å². The van der Waals surface area contributed by atoms with Crippen molar-refractivity contribution in [3.63, 3.8) is 0 Å². The van der Waals surface area contributed by atoms with E-state index in [-0.39, 0.29) is 11.5 Å². The van der Waals surface area contributed by atoms with Crippen LogP contribution in [0.25, 0.3) is 22.2 Å². The molecule has 0 radical (unpaired) electrons. The Morgan fingerprint density at radius 1 is 1.13 bits per heavy atom. The summed E-state index contributed by atoms with van der Waals surface area (Å²) in [5.74, 6) is 0. The Morgan fingerprint density at radius 3 is 2.81 bits per heavy atom. The summed E-state index contributed by atoms with van der Waals surface area (Å²) in [6.07, 6.45) is 3.94. The molecule has 1 aliphatic rings. The fourth-order valence-corrected chi connectivity index (χ4v) is 4.68. The van der Waals surface area contributed by atoms with Crippen LogP contribution in [0.15, 0.2) is 54.7 Å². The molecule has 0 amide bonds. The number of H-pyrrole nitrogens is 1. The van der Waals surface area contributed by atoms with Crippen LogP contribution in [0.4, 0.5) is 5.69 Å². The van der Waals surface area contributed by atoms with E-state index in [1.807, 2.05) is 25.3 Å². The number of rotatable bonds is 3. The largest absolute Gasteiger partial charge is 0.378 e. The molecule has 1 atom stereocenters. The molecule has 2 aromatic carbocycles. The van der Waals surface area contributed by atoms with E-state index in [9.17, 15) is 5.26 Å². The number of aryl methyl sites for hydroxylation is 1. The van der Waals surface area contributed by atoms with Crippen LogP contribution >= 0.6 is 0 Å². The number of aromatic nitrogens is 3. The quantitative estimate of drug-likeness (QED) is 0.435. The summed E-state index contributed by atoms with van der Waals surface area (Å²) in [7, 11) is 0. The molecule has 1 unspecified atom stereocenters. The minimum atomic E-state index is 0.0707. The van der Waals surface area contributed by atoms with Crippen molar-refractivity contribution in [2.45, 2.75) is 45.1 Å². The average Bonchev–Trinajstić information content (AvgIpc) is 3.19. The zero-order valence-electron chi connectivity index (χ0n) is 18.0. The highest BCUT2D eigenvalue weighted by atomic mass is 15.1. The van der Waals surface area contributed by atoms with Crippen LogP contribution in [0.2, 0.25) is 0 Å². The van der Waals surface area contributed by atoms with E-state index in [4.69, 9.17) is 0 Å². The normalized spacial score (nSPS) is 17.2. The molecule has 0 saturated carbocycles. The van der Waals surface area contributed by atoms with E-state index in [2.05, 4.69) is 76.8 Å². The lowest BCUT2D eigenvalue weighted by molar-refractivity contribution is 0.406. The topological polar surface area (TPSA) is 77.4 Å². The van der Waals surface area contributed by atoms with E-state index in [0.717, 1.165) is 51.9 Å². The number of nitriles is 1. The van der Waals surface area contributed by atoms with Crippen molar-refractivity contribution in [2.75, 3.05) is 5.32 Å². The van der Waals surface area contributed by atoms with Crippen LogP contribution in [-0.4, -0.2) is 15.2 Å². The highest BCUT2D eigenvalue weighted by Gasteiger charge is 2.32. The SMILES string of the molecule is Cc1cc(-c2n[nH]c3ccc(NC4CCC(C)(C)c5cc(C#N)ccc54)cc23)ccn1. The number of nitrogens with zero attached hydrogens (tertiary/aromatic N) is 3. The van der Waals surface area contributed by atoms with Crippen molar-refractivity contribution in [1.29, 1.82) is 5.26 Å². The predicted octanol–water partition coefficient (Wildman–Crippen LogP) is 6.03. The van der Waals surface area contributed by atoms with Gasteiger partial charge in [0.2, 0.25) is 0 Å². The van der Waals surface area contributed by atoms with Crippen molar-refractivity contribution in [3.05, 3.63) is 77.1 Å². The van der Waals surface area contributed by atoms with Crippen molar-refractivity contribution in [3.8, 4) is 17.3 Å². The molecule has 1 aliphatic carbocycles. The number of nitrogens with one attached hydrogen (secondary N) is 2. The van der Waals surface area contributed by atoms with Gasteiger partial charge >= 0.3 is 0 Å². The fraction of sp³-hybridized carbons (Fsp3) is 0.269. The van der Waals surface area contributed by atoms with Crippen molar-refractivity contribution in [1.82, 2.24) is 15.2 Å². The summed E-state index contributed by atoms with van der Waals surface area (Å²) in [6.45, 7) is 6.53. The van der Waals surface area contributed by atoms with Gasteiger partial charge in [0.05, 0.1) is 23.2 Å². The highest BCUT2D eigenvalue weighted by Crippen LogP contribution is 2.43. The smallest absolute Gasteiger partial charge is 0.100 e. The molecule has 2 heterocycles. The highest BCUT2D eigenvalue weighted by molar-refractivity contribution is 5.95. The molecule has 0 aliphatic heterocycles. The van der Waals surface area contributed by atoms with Gasteiger partial charge in [-0.2, -0.15) is 10.4 Å². The minimum Gasteiger partial charge on any atom is -0.378 e. The Morgan fingerprint density at radius 2 is 2.00 bits per heavy atom. The van der Waals surface area contributed by atoms with Gasteiger partial charge in [-0.1, -0.05) is 19.9 Å². The van der Waals surface area contributed by atoms with Crippen LogP contribution in [0, 0.1) is 18.3 Å². The summed E-state index contributed by atoms with van der Waals surface area (Å²) in [6, 6.07) is 19.0. The third kappa shape index (κ3) is 3.44. The molecule has 0 bridgehead atoms. The Balaban J connectivity index is 1.52. The second-order valence-electron chi connectivity index (χ2n) is 9.05. The predicted molar refractivity (Wildman–Crippen MR) is 124 cm³/mol. The molecule has 5 rings (SSSR count). The zero-order chi connectivity index (χ0) is 21.6. The van der Waals surface area contributed by atoms with Gasteiger partial charge in [0, 0.05) is 28.5 Å². The summed E-state index contributed by atoms with van der Waals surface area (Å²) in [5, 5.41) is 21.9. The number of aromatic amines is 1. The van der Waals surface area contributed by atoms with E-state index in [1.54, 1.807) is 0 Å². The Labute approximate surface area is 182 Å². The average molecular weight is 408 g/mol. The number of fused-ring (bicyclic) bond motifs is 2. The molecule has 31 heavy (non-hydrogen) atoms. The molecule has 0 saturated heterocycles. The first-order valence-corrected chi connectivity index (χ1v) is 10.7. The molecule has 5 nitrogen and oxygen atoms in total. The van der Waals surface area contributed by atoms with Gasteiger partial charge in [-0.25, -0.2) is 0 Å². The summed E-state index contributed by atoms with van der Waals surface area (Å²) in [4.78, 5) is 4.30. The lowest BCUT2D eigenvalue weighted by Crippen LogP contribution is -2.29. The minimum absolute atomic E-state index is 0.0707. The summed E-state index contributed by atoms with van der Waals surface area (Å²) < 4.78 is 0. The van der Waals surface area contributed by atoms with E-state index >= 15 is 0 Å². The Bertz CT molecular complexity index is 1330. The fourth-order valence-electron chi connectivity index (χ4n) is 4.68. The molecule has 0 fully saturated rings. The molecule has 4 aromatic rings. The third-order valence-corrected chi connectivity index (χ3v) is 6.42. The number of hydrogen-bond donors (Lipinski definition) is 2. The van der Waals surface area contributed by atoms with Gasteiger partial charge in [-0.3, -0.25) is 10.1 Å². The number of benzene rings is 2. The monoisotopic (exact) mass is 407 g/mol. The maximum absolute atomic E-state index is 9.35. The second-order valence-corrected chi connectivity index (χ2v) is 9.05. The molecular weight excluding hydrogens is 382 g/mol. The first kappa shape index (κ1) is 19.3. The Kier molecular flexibility index (Phi) is 4.51. The van der Waals surface area contributed by atoms with Crippen molar-refractivity contribution in [2.24, 2.45) is 0 Å². The van der Waals surface area contributed by atoms with E-state index in [0.29, 0.717) is 0 Å². The van der Waals surface area contributed by atoms with Crippen LogP contribution in [-0.2, 0) is 5.41 Å². The van der Waals surface area contributed by atoms with Gasteiger partial charge in [-0.15, -0.1) is 0 Å². The van der Waals surface area contributed by atoms with Gasteiger partial charge < -0.3 is 5.32 Å². The van der Waals surface area contributed by atoms with Gasteiger partial charge in [0.15, 0.2) is 0 Å². The molecule has 2 aromatic heterocycles. The lowest BCUT2D eigenvalue weighted by atomic mass is 9.70. The Hall–Kier alpha value is -3.65. The van der Waals surface area contributed by atoms with E-state index in [1.165, 1.54) is 11.1 Å². The van der Waals surface area contributed by atoms with Crippen LogP contribution in [0.3, 0.4) is 0 Å². The molecule has 154 valence electrons. The first-order valence-electron chi connectivity index (χ1n) is 10.7. The third-order valence-electron chi connectivity index (χ3n) is 6.42. The lowest BCUT2D eigenvalue weighted by Gasteiger charge is -2.38. The van der Waals surface area contributed by atoms with Crippen LogP contribution < -0.4 is 5.32 Å². The number of anilines is 1. The van der Waals surface area contributed by atoms with Crippen LogP contribution in [0.1, 0.15) is 55.1 Å². The van der Waals surface area contributed by atoms with Crippen molar-refractivity contribution < 1.29 is 0 Å². The summed E-state index contributed by atoms with van der Waals surface area (Å²) in [5.41, 5.74) is 8.41. The maximum atomic E-state index is 9.35. The van der Waals surface area contributed by atoms with Crippen LogP contribution in [0.5, 0.6) is 0 Å². The number of pyridine rings is 1. The second kappa shape index (κ2) is 7.24. The zero-order valence-corrected chi connectivity index (χ0v) is 18.0. The maximum Gasteiger partial charge on any atom is 0.100 e. The molecule has 2 N–H and O–H groups in total. The van der Waals surface area contributed by atoms with Gasteiger partial charge in [0.25, 0.3) is 0 Å². The van der Waals surface area contributed by atoms with E-state index < -0.39 is 0 Å². The molecular formula is C26H25N5. The molecule has 5 heteroatoms. The first-order chi connectivity index (χ1) is 14.9. The number of hydrogen-bond acceptors (Lipinski definition) is 4. The van der Waals surface area contributed by atoms with Gasteiger partial charge in [-0.05, 0) is 78.8 Å².